The maximum absolute atomic E-state index is 11.6. The van der Waals surface area contributed by atoms with Crippen LogP contribution in [0.15, 0.2) is 30.3 Å². The first kappa shape index (κ1) is 11.1. The number of nitrogens with two attached hydrogens (primary N) is 1. The zero-order valence-corrected chi connectivity index (χ0v) is 9.06. The van der Waals surface area contributed by atoms with Gasteiger partial charge in [-0.2, -0.15) is 0 Å². The Hall–Kier alpha value is -1.39. The molecule has 1 aromatic carbocycles. The summed E-state index contributed by atoms with van der Waals surface area (Å²) in [7, 11) is 0. The van der Waals surface area contributed by atoms with Gasteiger partial charge in [0.05, 0.1) is 12.0 Å². The van der Waals surface area contributed by atoms with Crippen LogP contribution >= 0.6 is 0 Å². The van der Waals surface area contributed by atoms with Crippen molar-refractivity contribution in [2.24, 2.45) is 11.8 Å². The Labute approximate surface area is 94.8 Å². The van der Waals surface area contributed by atoms with E-state index in [0.29, 0.717) is 6.61 Å². The van der Waals surface area contributed by atoms with E-state index in [1.165, 1.54) is 0 Å². The molecule has 1 saturated heterocycles. The minimum absolute atomic E-state index is 0.145. The molecule has 2 atom stereocenters. The third kappa shape index (κ3) is 2.23. The van der Waals surface area contributed by atoms with Crippen LogP contribution in [0.5, 0.6) is 0 Å². The molecule has 1 aromatic rings. The van der Waals surface area contributed by atoms with Crippen LogP contribution in [0.2, 0.25) is 0 Å². The van der Waals surface area contributed by atoms with Gasteiger partial charge in [-0.1, -0.05) is 30.3 Å². The molecule has 0 radical (unpaired) electrons. The van der Waals surface area contributed by atoms with Crippen LogP contribution in [0, 0.1) is 5.92 Å². The van der Waals surface area contributed by atoms with E-state index in [4.69, 9.17) is 10.6 Å². The third-order valence-corrected chi connectivity index (χ3v) is 2.93. The summed E-state index contributed by atoms with van der Waals surface area (Å²) in [6.07, 6.45) is 1.56. The normalized spacial score (nSPS) is 25.1. The second-order valence-electron chi connectivity index (χ2n) is 3.96. The largest absolute Gasteiger partial charge is 0.373 e. The molecule has 4 nitrogen and oxygen atoms in total. The molecular weight excluding hydrogens is 204 g/mol. The predicted molar refractivity (Wildman–Crippen MR) is 60.2 cm³/mol. The molecule has 0 saturated carbocycles. The summed E-state index contributed by atoms with van der Waals surface area (Å²) < 4.78 is 5.68. The minimum Gasteiger partial charge on any atom is -0.373 e. The van der Waals surface area contributed by atoms with Crippen molar-refractivity contribution >= 4 is 5.91 Å². The number of rotatable bonds is 2. The summed E-state index contributed by atoms with van der Waals surface area (Å²) in [6.45, 7) is 0.702. The van der Waals surface area contributed by atoms with Gasteiger partial charge in [0.1, 0.15) is 0 Å². The van der Waals surface area contributed by atoms with Gasteiger partial charge in [0.25, 0.3) is 0 Å². The Kier molecular flexibility index (Phi) is 3.54. The van der Waals surface area contributed by atoms with E-state index in [2.05, 4.69) is 5.43 Å². The van der Waals surface area contributed by atoms with Gasteiger partial charge in [0.15, 0.2) is 0 Å². The number of carbonyl (C=O) groups is 1. The zero-order valence-electron chi connectivity index (χ0n) is 9.06. The molecule has 2 unspecified atom stereocenters. The van der Waals surface area contributed by atoms with Gasteiger partial charge in [0, 0.05) is 6.61 Å². The van der Waals surface area contributed by atoms with Crippen molar-refractivity contribution in [1.29, 1.82) is 0 Å². The summed E-state index contributed by atoms with van der Waals surface area (Å²) in [5.74, 6) is 4.86. The minimum atomic E-state index is -0.179. The highest BCUT2D eigenvalue weighted by Gasteiger charge is 2.32. The van der Waals surface area contributed by atoms with Crippen LogP contribution in [-0.4, -0.2) is 12.5 Å². The maximum Gasteiger partial charge on any atom is 0.239 e. The number of benzene rings is 1. The summed E-state index contributed by atoms with van der Waals surface area (Å²) in [5.41, 5.74) is 3.25. The van der Waals surface area contributed by atoms with Crippen LogP contribution in [-0.2, 0) is 9.53 Å². The van der Waals surface area contributed by atoms with E-state index in [-0.39, 0.29) is 17.9 Å². The van der Waals surface area contributed by atoms with Crippen molar-refractivity contribution < 1.29 is 9.53 Å². The van der Waals surface area contributed by atoms with Gasteiger partial charge in [-0.15, -0.1) is 0 Å². The van der Waals surface area contributed by atoms with Crippen LogP contribution in [0.4, 0.5) is 0 Å². The van der Waals surface area contributed by atoms with E-state index < -0.39 is 0 Å². The Morgan fingerprint density at radius 2 is 2.12 bits per heavy atom. The lowest BCUT2D eigenvalue weighted by atomic mass is 9.89. The summed E-state index contributed by atoms with van der Waals surface area (Å²) in [5, 5.41) is 0. The molecule has 0 aliphatic carbocycles. The Balaban J connectivity index is 2.20. The molecule has 0 spiro atoms. The number of ether oxygens (including phenoxy) is 1. The monoisotopic (exact) mass is 220 g/mol. The molecule has 4 heteroatoms. The lowest BCUT2D eigenvalue weighted by Gasteiger charge is -2.30. The zero-order chi connectivity index (χ0) is 11.4. The van der Waals surface area contributed by atoms with Crippen molar-refractivity contribution in [3.05, 3.63) is 35.9 Å². The first-order valence-electron chi connectivity index (χ1n) is 5.50. The molecule has 3 N–H and O–H groups in total. The van der Waals surface area contributed by atoms with Crippen molar-refractivity contribution in [2.75, 3.05) is 6.61 Å². The molecule has 86 valence electrons. The number of nitrogens with one attached hydrogen (secondary N) is 1. The summed E-state index contributed by atoms with van der Waals surface area (Å²) in [6, 6.07) is 9.80. The van der Waals surface area contributed by atoms with Crippen molar-refractivity contribution in [1.82, 2.24) is 5.43 Å². The molecule has 2 rings (SSSR count). The molecule has 1 amide bonds. The fourth-order valence-corrected chi connectivity index (χ4v) is 2.13. The number of carbonyl (C=O) groups excluding carboxylic acids is 1. The van der Waals surface area contributed by atoms with Gasteiger partial charge in [0.2, 0.25) is 5.91 Å². The maximum atomic E-state index is 11.6. The fraction of sp³-hybridized carbons (Fsp3) is 0.417. The van der Waals surface area contributed by atoms with Crippen molar-refractivity contribution in [2.45, 2.75) is 18.9 Å². The first-order valence-corrected chi connectivity index (χ1v) is 5.50. The number of hydrogen-bond acceptors (Lipinski definition) is 3. The average molecular weight is 220 g/mol. The predicted octanol–water partition coefficient (Wildman–Crippen LogP) is 1.14. The smallest absolute Gasteiger partial charge is 0.239 e. The van der Waals surface area contributed by atoms with Gasteiger partial charge in [-0.25, -0.2) is 5.84 Å². The van der Waals surface area contributed by atoms with E-state index in [9.17, 15) is 4.79 Å². The molecule has 16 heavy (non-hydrogen) atoms. The average Bonchev–Trinajstić information content (AvgIpc) is 2.39. The Morgan fingerprint density at radius 3 is 2.81 bits per heavy atom. The standard InChI is InChI=1S/C12H16N2O2/c13-14-12(15)10-7-4-8-16-11(10)9-5-2-1-3-6-9/h1-3,5-6,10-11H,4,7-8,13H2,(H,14,15). The quantitative estimate of drug-likeness (QED) is 0.446. The third-order valence-electron chi connectivity index (χ3n) is 2.93. The number of amides is 1. The Morgan fingerprint density at radius 1 is 1.38 bits per heavy atom. The second kappa shape index (κ2) is 5.09. The van der Waals surface area contributed by atoms with E-state index in [0.717, 1.165) is 18.4 Å². The molecule has 1 aliphatic heterocycles. The van der Waals surface area contributed by atoms with Gasteiger partial charge in [-0.3, -0.25) is 10.2 Å². The molecule has 1 heterocycles. The van der Waals surface area contributed by atoms with Gasteiger partial charge < -0.3 is 4.74 Å². The second-order valence-corrected chi connectivity index (χ2v) is 3.96. The highest BCUT2D eigenvalue weighted by atomic mass is 16.5. The highest BCUT2D eigenvalue weighted by Crippen LogP contribution is 2.33. The Bertz CT molecular complexity index is 353. The highest BCUT2D eigenvalue weighted by molar-refractivity contribution is 5.78. The number of hydrogen-bond donors (Lipinski definition) is 2. The molecular formula is C12H16N2O2. The van der Waals surface area contributed by atoms with Crippen LogP contribution < -0.4 is 11.3 Å². The summed E-state index contributed by atoms with van der Waals surface area (Å²) in [4.78, 5) is 11.6. The van der Waals surface area contributed by atoms with E-state index >= 15 is 0 Å². The molecule has 1 fully saturated rings. The van der Waals surface area contributed by atoms with Crippen molar-refractivity contribution in [3.8, 4) is 0 Å². The first-order chi connectivity index (χ1) is 7.83. The van der Waals surface area contributed by atoms with Crippen molar-refractivity contribution in [3.63, 3.8) is 0 Å². The molecule has 1 aliphatic rings. The van der Waals surface area contributed by atoms with Gasteiger partial charge in [-0.05, 0) is 18.4 Å². The van der Waals surface area contributed by atoms with Gasteiger partial charge >= 0.3 is 0 Å². The van der Waals surface area contributed by atoms with Crippen LogP contribution in [0.3, 0.4) is 0 Å². The van der Waals surface area contributed by atoms with Crippen LogP contribution in [0.1, 0.15) is 24.5 Å². The van der Waals surface area contributed by atoms with Crippen LogP contribution in [0.25, 0.3) is 0 Å². The fourth-order valence-electron chi connectivity index (χ4n) is 2.13. The topological polar surface area (TPSA) is 64.3 Å². The molecule has 0 bridgehead atoms. The lowest BCUT2D eigenvalue weighted by Crippen LogP contribution is -2.40. The number of hydrazine groups is 1. The summed E-state index contributed by atoms with van der Waals surface area (Å²) >= 11 is 0. The van der Waals surface area contributed by atoms with E-state index in [1.54, 1.807) is 0 Å². The molecule has 0 aromatic heterocycles. The van der Waals surface area contributed by atoms with E-state index in [1.807, 2.05) is 30.3 Å². The SMILES string of the molecule is NNC(=O)C1CCCOC1c1ccccc1. The lowest BCUT2D eigenvalue weighted by molar-refractivity contribution is -0.134.